The molecular weight excluding hydrogens is 681 g/mol. The number of thiazole rings is 1. The van der Waals surface area contributed by atoms with Crippen LogP contribution in [0.4, 0.5) is 5.69 Å². The maximum absolute atomic E-state index is 14.6. The van der Waals surface area contributed by atoms with Crippen molar-refractivity contribution in [2.45, 2.75) is 123 Å². The molecule has 3 amide bonds. The van der Waals surface area contributed by atoms with Gasteiger partial charge in [0.25, 0.3) is 5.91 Å². The molecule has 2 heterocycles. The number of carbonyl (C=O) groups excluding carboxylic acids is 4. The monoisotopic (exact) mass is 742 g/mol. The minimum Gasteiger partial charge on any atom is -0.467 e. The molecule has 0 saturated carbocycles. The lowest BCUT2D eigenvalue weighted by molar-refractivity contribution is -0.143. The summed E-state index contributed by atoms with van der Waals surface area (Å²) in [7, 11) is 3.26. The van der Waals surface area contributed by atoms with E-state index in [1.165, 1.54) is 18.4 Å². The van der Waals surface area contributed by atoms with Crippen LogP contribution in [0.1, 0.15) is 114 Å². The molecule has 2 aromatic rings. The zero-order valence-electron chi connectivity index (χ0n) is 32.5. The Bertz CT molecular complexity index is 1430. The van der Waals surface area contributed by atoms with E-state index in [-0.39, 0.29) is 47.8 Å². The van der Waals surface area contributed by atoms with Gasteiger partial charge in [-0.15, -0.1) is 11.3 Å². The number of rotatable bonds is 20. The Kier molecular flexibility index (Phi) is 17.5. The van der Waals surface area contributed by atoms with Crippen LogP contribution in [0, 0.1) is 11.8 Å². The molecule has 0 radical (unpaired) electrons. The number of nitrogens with two attached hydrogens (primary N) is 1. The van der Waals surface area contributed by atoms with Crippen molar-refractivity contribution in [3.63, 3.8) is 0 Å². The minimum absolute atomic E-state index is 0.0569. The van der Waals surface area contributed by atoms with E-state index in [1.54, 1.807) is 29.6 Å². The van der Waals surface area contributed by atoms with Crippen molar-refractivity contribution in [1.82, 2.24) is 25.4 Å². The van der Waals surface area contributed by atoms with Gasteiger partial charge in [0, 0.05) is 43.1 Å². The first-order valence-corrected chi connectivity index (χ1v) is 19.8. The summed E-state index contributed by atoms with van der Waals surface area (Å²) in [6.45, 7) is 14.2. The average molecular weight is 743 g/mol. The molecule has 3 rings (SSSR count). The first-order chi connectivity index (χ1) is 24.8. The normalized spacial score (nSPS) is 17.8. The van der Waals surface area contributed by atoms with Crippen LogP contribution in [0.3, 0.4) is 0 Å². The van der Waals surface area contributed by atoms with Crippen LogP contribution in [0.5, 0.6) is 0 Å². The number of ether oxygens (including phenoxy) is 2. The second-order valence-corrected chi connectivity index (χ2v) is 15.3. The highest BCUT2D eigenvalue weighted by atomic mass is 32.1. The molecular formula is C39H62N6O6S. The third-order valence-electron chi connectivity index (χ3n) is 9.99. The van der Waals surface area contributed by atoms with Crippen molar-refractivity contribution in [3.8, 4) is 0 Å². The quantitative estimate of drug-likeness (QED) is 0.120. The summed E-state index contributed by atoms with van der Waals surface area (Å²) < 4.78 is 11.4. The van der Waals surface area contributed by atoms with E-state index in [0.717, 1.165) is 50.6 Å². The fraction of sp³-hybridized carbons (Fsp3) is 0.667. The topological polar surface area (TPSA) is 156 Å². The van der Waals surface area contributed by atoms with Crippen LogP contribution in [0.15, 0.2) is 29.6 Å². The number of nitrogens with zero attached hydrogens (tertiary/aromatic N) is 3. The number of carbonyl (C=O) groups is 4. The number of anilines is 1. The van der Waals surface area contributed by atoms with Gasteiger partial charge in [0.05, 0.1) is 13.2 Å². The lowest BCUT2D eigenvalue weighted by Crippen LogP contribution is -2.58. The van der Waals surface area contributed by atoms with Crippen molar-refractivity contribution in [2.75, 3.05) is 39.6 Å². The Morgan fingerprint density at radius 3 is 2.37 bits per heavy atom. The minimum atomic E-state index is -0.921. The average Bonchev–Trinajstić information content (AvgIpc) is 3.63. The van der Waals surface area contributed by atoms with Gasteiger partial charge in [-0.2, -0.15) is 0 Å². The van der Waals surface area contributed by atoms with Gasteiger partial charge in [0.1, 0.15) is 28.9 Å². The van der Waals surface area contributed by atoms with Crippen LogP contribution < -0.4 is 16.4 Å². The third-order valence-corrected chi connectivity index (χ3v) is 10.9. The number of hydrogen-bond acceptors (Lipinski definition) is 10. The van der Waals surface area contributed by atoms with Gasteiger partial charge in [0.15, 0.2) is 0 Å². The number of benzene rings is 1. The molecule has 1 aliphatic heterocycles. The summed E-state index contributed by atoms with van der Waals surface area (Å²) in [6.07, 6.45) is 5.33. The van der Waals surface area contributed by atoms with Gasteiger partial charge in [-0.3, -0.25) is 19.3 Å². The fourth-order valence-electron chi connectivity index (χ4n) is 6.67. The highest BCUT2D eigenvalue weighted by Gasteiger charge is 2.38. The zero-order chi connectivity index (χ0) is 38.4. The number of hydrogen-bond donors (Lipinski definition) is 3. The molecule has 13 heteroatoms. The van der Waals surface area contributed by atoms with E-state index in [4.69, 9.17) is 20.2 Å². The van der Waals surface area contributed by atoms with E-state index in [0.29, 0.717) is 30.3 Å². The Labute approximate surface area is 314 Å². The Morgan fingerprint density at radius 2 is 1.77 bits per heavy atom. The van der Waals surface area contributed by atoms with Gasteiger partial charge >= 0.3 is 5.97 Å². The number of methoxy groups -OCH3 is 1. The van der Waals surface area contributed by atoms with Crippen molar-refractivity contribution < 1.29 is 28.7 Å². The predicted molar refractivity (Wildman–Crippen MR) is 206 cm³/mol. The number of piperidine rings is 1. The highest BCUT2D eigenvalue weighted by Crippen LogP contribution is 2.32. The molecule has 1 fully saturated rings. The van der Waals surface area contributed by atoms with Crippen molar-refractivity contribution in [1.29, 1.82) is 0 Å². The summed E-state index contributed by atoms with van der Waals surface area (Å²) >= 11 is 1.32. The summed E-state index contributed by atoms with van der Waals surface area (Å²) in [4.78, 5) is 63.0. The summed E-state index contributed by atoms with van der Waals surface area (Å²) in [5.41, 5.74) is 7.41. The summed E-state index contributed by atoms with van der Waals surface area (Å²) in [5.74, 6) is -1.22. The third kappa shape index (κ3) is 12.0. The van der Waals surface area contributed by atoms with Gasteiger partial charge in [-0.25, -0.2) is 9.78 Å². The molecule has 0 aliphatic carbocycles. The number of amides is 3. The van der Waals surface area contributed by atoms with Crippen LogP contribution in [0.2, 0.25) is 0 Å². The maximum atomic E-state index is 14.6. The molecule has 1 unspecified atom stereocenters. The number of esters is 1. The fourth-order valence-corrected chi connectivity index (χ4v) is 7.53. The van der Waals surface area contributed by atoms with Gasteiger partial charge in [0.2, 0.25) is 11.8 Å². The first kappa shape index (κ1) is 42.9. The van der Waals surface area contributed by atoms with Crippen molar-refractivity contribution in [2.24, 2.45) is 11.8 Å². The Morgan fingerprint density at radius 1 is 1.06 bits per heavy atom. The SMILES string of the molecule is CCCO[C@H](CC(C(C)C)N(CCC)C(=O)[C@@H](NC(=O)[C@H]1CCCCN1C)[C@@H](C)CC)c1nc(C(=O)N[C@@H](Cc2ccc(N)cc2)C(=O)OC)cs1. The van der Waals surface area contributed by atoms with E-state index in [9.17, 15) is 19.2 Å². The lowest BCUT2D eigenvalue weighted by Gasteiger charge is -2.40. The molecule has 52 heavy (non-hydrogen) atoms. The largest absolute Gasteiger partial charge is 0.467 e. The number of likely N-dealkylation sites (N-methyl/N-ethyl adjacent to an activating group) is 1. The van der Waals surface area contributed by atoms with E-state index in [1.807, 2.05) is 32.7 Å². The molecule has 0 bridgehead atoms. The van der Waals surface area contributed by atoms with E-state index in [2.05, 4.69) is 36.3 Å². The number of nitrogens with one attached hydrogen (secondary N) is 2. The Balaban J connectivity index is 1.86. The Hall–Kier alpha value is -3.55. The van der Waals surface area contributed by atoms with Crippen molar-refractivity contribution in [3.05, 3.63) is 45.9 Å². The lowest BCUT2D eigenvalue weighted by atomic mass is 9.92. The molecule has 1 saturated heterocycles. The van der Waals surface area contributed by atoms with Gasteiger partial charge in [-0.1, -0.05) is 66.5 Å². The number of nitrogen functional groups attached to an aromatic ring is 1. The van der Waals surface area contributed by atoms with E-state index >= 15 is 0 Å². The van der Waals surface area contributed by atoms with Crippen molar-refractivity contribution >= 4 is 40.7 Å². The second-order valence-electron chi connectivity index (χ2n) is 14.4. The van der Waals surface area contributed by atoms with E-state index < -0.39 is 30.1 Å². The van der Waals surface area contributed by atoms with Crippen LogP contribution in [-0.4, -0.2) is 96.5 Å². The predicted octanol–water partition coefficient (Wildman–Crippen LogP) is 5.38. The standard InChI is InChI=1S/C39H62N6O6S/c1-9-19-45(38(48)34(26(6)11-3)43-36(47)31-14-12-13-20-44(31)7)32(25(4)5)23-33(51-21-10-2)37-42-30(24-52-37)35(46)41-29(39(49)50-8)22-27-15-17-28(40)18-16-27/h15-18,24-26,29,31-34H,9-14,19-23,40H2,1-8H3,(H,41,46)(H,43,47)/t26-,29-,31+,32?,33+,34-/m0/s1. The van der Waals surface area contributed by atoms with Gasteiger partial charge in [-0.05, 0) is 68.8 Å². The molecule has 0 spiro atoms. The second kappa shape index (κ2) is 21.2. The molecule has 1 aliphatic rings. The number of likely N-dealkylation sites (tertiary alicyclic amines) is 1. The number of aromatic nitrogens is 1. The smallest absolute Gasteiger partial charge is 0.328 e. The maximum Gasteiger partial charge on any atom is 0.328 e. The first-order valence-electron chi connectivity index (χ1n) is 19.0. The molecule has 1 aromatic carbocycles. The molecule has 6 atom stereocenters. The van der Waals surface area contributed by atoms with Gasteiger partial charge < -0.3 is 30.7 Å². The molecule has 12 nitrogen and oxygen atoms in total. The molecule has 1 aromatic heterocycles. The molecule has 290 valence electrons. The zero-order valence-corrected chi connectivity index (χ0v) is 33.3. The van der Waals surface area contributed by atoms with Crippen LogP contribution in [-0.2, 0) is 30.3 Å². The molecule has 4 N–H and O–H groups in total. The summed E-state index contributed by atoms with van der Waals surface area (Å²) in [5, 5.41) is 8.26. The van der Waals surface area contributed by atoms with Crippen LogP contribution >= 0.6 is 11.3 Å². The van der Waals surface area contributed by atoms with Crippen LogP contribution in [0.25, 0.3) is 0 Å². The highest BCUT2D eigenvalue weighted by molar-refractivity contribution is 7.09. The summed E-state index contributed by atoms with van der Waals surface area (Å²) in [6, 6.07) is 5.06.